The average molecular weight is 576 g/mol. The second-order valence-corrected chi connectivity index (χ2v) is 10.1. The SMILES string of the molecule is CC1=C(CS(=O)(=O)[O-])CN(C)C(=O)/C1=N\Nc1cc(Nc2cc(F)nc(F)n2)ccc1S(=O)(=O)[O-].[Na+].[Na+]. The molecule has 1 aromatic heterocycles. The Morgan fingerprint density at radius 2 is 1.76 bits per heavy atom. The molecule has 0 unspecified atom stereocenters. The van der Waals surface area contributed by atoms with Crippen LogP contribution in [0.25, 0.3) is 0 Å². The molecule has 188 valence electrons. The van der Waals surface area contributed by atoms with Crippen molar-refractivity contribution < 1.29 is 98.6 Å². The fraction of sp³-hybridized carbons (Fsp3) is 0.222. The summed E-state index contributed by atoms with van der Waals surface area (Å²) in [4.78, 5) is 19.0. The summed E-state index contributed by atoms with van der Waals surface area (Å²) in [6, 6.07) is 3.80. The number of halogens is 2. The number of hydrazone groups is 1. The molecule has 2 aromatic rings. The zero-order valence-electron chi connectivity index (χ0n) is 19.9. The molecule has 0 saturated heterocycles. The number of amides is 1. The van der Waals surface area contributed by atoms with E-state index in [9.17, 15) is 39.5 Å². The Hall–Kier alpha value is -1.54. The van der Waals surface area contributed by atoms with Gasteiger partial charge in [0.1, 0.15) is 15.9 Å². The maximum atomic E-state index is 13.3. The summed E-state index contributed by atoms with van der Waals surface area (Å²) in [6.07, 6.45) is -1.37. The van der Waals surface area contributed by atoms with E-state index in [0.717, 1.165) is 29.2 Å². The van der Waals surface area contributed by atoms with Crippen LogP contribution in [0.2, 0.25) is 0 Å². The molecule has 3 rings (SSSR count). The molecule has 1 aliphatic rings. The van der Waals surface area contributed by atoms with E-state index in [2.05, 4.69) is 25.8 Å². The van der Waals surface area contributed by atoms with Gasteiger partial charge in [-0.3, -0.25) is 10.2 Å². The number of anilines is 3. The van der Waals surface area contributed by atoms with Crippen LogP contribution in [-0.4, -0.2) is 71.8 Å². The zero-order valence-corrected chi connectivity index (χ0v) is 25.6. The van der Waals surface area contributed by atoms with Gasteiger partial charge in [-0.25, -0.2) is 16.8 Å². The molecule has 2 heterocycles. The quantitative estimate of drug-likeness (QED) is 0.105. The third kappa shape index (κ3) is 9.02. The van der Waals surface area contributed by atoms with Crippen LogP contribution < -0.4 is 69.9 Å². The van der Waals surface area contributed by atoms with Crippen molar-refractivity contribution in [2.24, 2.45) is 5.10 Å². The summed E-state index contributed by atoms with van der Waals surface area (Å²) >= 11 is 0. The van der Waals surface area contributed by atoms with Crippen molar-refractivity contribution in [3.8, 4) is 0 Å². The van der Waals surface area contributed by atoms with Gasteiger partial charge in [0, 0.05) is 25.3 Å². The second kappa shape index (κ2) is 13.0. The van der Waals surface area contributed by atoms with E-state index >= 15 is 0 Å². The van der Waals surface area contributed by atoms with Gasteiger partial charge >= 0.3 is 65.2 Å². The van der Waals surface area contributed by atoms with Gasteiger partial charge in [0.2, 0.25) is 5.95 Å². The number of nitrogens with one attached hydrogen (secondary N) is 2. The summed E-state index contributed by atoms with van der Waals surface area (Å²) in [6.45, 7) is 1.21. The Morgan fingerprint density at radius 3 is 2.32 bits per heavy atom. The molecule has 0 radical (unpaired) electrons. The third-order valence-corrected chi connectivity index (χ3v) is 6.29. The molecule has 13 nitrogen and oxygen atoms in total. The molecular weight excluding hydrogens is 560 g/mol. The average Bonchev–Trinajstić information content (AvgIpc) is 2.69. The summed E-state index contributed by atoms with van der Waals surface area (Å²) in [5, 5.41) is 6.34. The molecule has 19 heteroatoms. The van der Waals surface area contributed by atoms with Gasteiger partial charge in [-0.2, -0.15) is 23.9 Å². The van der Waals surface area contributed by atoms with E-state index in [0.29, 0.717) is 0 Å². The molecule has 1 amide bonds. The van der Waals surface area contributed by atoms with Gasteiger partial charge in [0.25, 0.3) is 5.91 Å². The molecule has 0 fully saturated rings. The van der Waals surface area contributed by atoms with E-state index in [4.69, 9.17) is 0 Å². The summed E-state index contributed by atoms with van der Waals surface area (Å²) in [7, 11) is -8.38. The first-order chi connectivity index (χ1) is 16.1. The number of hydrogen-bond donors (Lipinski definition) is 2. The number of hydrogen-bond acceptors (Lipinski definition) is 12. The third-order valence-electron chi connectivity index (χ3n) is 4.69. The summed E-state index contributed by atoms with van der Waals surface area (Å²) < 4.78 is 95.2. The van der Waals surface area contributed by atoms with Crippen molar-refractivity contribution in [3.63, 3.8) is 0 Å². The van der Waals surface area contributed by atoms with Crippen molar-refractivity contribution in [3.05, 3.63) is 47.4 Å². The standard InChI is InChI=1S/C18H18F2N6O7S2.2Na/c1-9-10(8-34(28,29)30)7-26(2)17(27)16(9)25-24-12-5-11(3-4-13(12)35(31,32)33)21-15-6-14(19)22-18(20)23-15;;/h3-6,24H,7-8H2,1-2H3,(H,21,22,23)(H,28,29,30)(H,31,32,33);;/q;2*+1/p-2/b25-16-;;. The van der Waals surface area contributed by atoms with Crippen LogP contribution in [0.15, 0.2) is 45.4 Å². The first-order valence-electron chi connectivity index (χ1n) is 9.43. The Morgan fingerprint density at radius 1 is 1.11 bits per heavy atom. The van der Waals surface area contributed by atoms with E-state index in [-0.39, 0.29) is 94.0 Å². The predicted molar refractivity (Wildman–Crippen MR) is 116 cm³/mol. The van der Waals surface area contributed by atoms with Crippen LogP contribution in [0.1, 0.15) is 6.92 Å². The second-order valence-electron chi connectivity index (χ2n) is 7.30. The molecule has 2 N–H and O–H groups in total. The molecule has 0 aliphatic carbocycles. The first kappa shape index (κ1) is 33.5. The van der Waals surface area contributed by atoms with Crippen molar-refractivity contribution in [1.29, 1.82) is 0 Å². The van der Waals surface area contributed by atoms with Crippen LogP contribution >= 0.6 is 0 Å². The van der Waals surface area contributed by atoms with Crippen molar-refractivity contribution >= 4 is 49.0 Å². The van der Waals surface area contributed by atoms with Crippen LogP contribution in [0.4, 0.5) is 26.0 Å². The maximum Gasteiger partial charge on any atom is 1.00 e. The Labute approximate surface area is 254 Å². The summed E-state index contributed by atoms with van der Waals surface area (Å²) in [5.74, 6) is -3.05. The fourth-order valence-electron chi connectivity index (χ4n) is 3.12. The minimum absolute atomic E-state index is 0. The monoisotopic (exact) mass is 576 g/mol. The van der Waals surface area contributed by atoms with Crippen LogP contribution in [0.3, 0.4) is 0 Å². The number of carbonyl (C=O) groups excluding carboxylic acids is 1. The smallest absolute Gasteiger partial charge is 0.748 e. The minimum Gasteiger partial charge on any atom is -0.748 e. The first-order valence-corrected chi connectivity index (χ1v) is 12.4. The largest absolute Gasteiger partial charge is 1.00 e. The molecular formula is C18H16F2N6Na2O7S2. The normalized spacial score (nSPS) is 15.2. The van der Waals surface area contributed by atoms with Crippen molar-refractivity contribution in [2.45, 2.75) is 11.8 Å². The van der Waals surface area contributed by atoms with E-state index in [1.165, 1.54) is 14.0 Å². The maximum absolute atomic E-state index is 13.3. The van der Waals surface area contributed by atoms with Gasteiger partial charge in [-0.05, 0) is 36.3 Å². The molecule has 37 heavy (non-hydrogen) atoms. The topological polar surface area (TPSA) is 197 Å². The molecule has 1 aromatic carbocycles. The molecule has 0 bridgehead atoms. The van der Waals surface area contributed by atoms with Crippen LogP contribution in [0.5, 0.6) is 0 Å². The van der Waals surface area contributed by atoms with Gasteiger partial charge in [-0.15, -0.1) is 0 Å². The number of likely N-dealkylation sites (N-methyl/N-ethyl adjacent to an activating group) is 1. The van der Waals surface area contributed by atoms with Gasteiger partial charge in [-0.1, -0.05) is 0 Å². The summed E-state index contributed by atoms with van der Waals surface area (Å²) in [5.41, 5.74) is 1.74. The van der Waals surface area contributed by atoms with Crippen molar-refractivity contribution in [1.82, 2.24) is 14.9 Å². The number of benzene rings is 1. The zero-order chi connectivity index (χ0) is 26.1. The predicted octanol–water partition coefficient (Wildman–Crippen LogP) is -5.49. The number of nitrogens with zero attached hydrogens (tertiary/aromatic N) is 4. The van der Waals surface area contributed by atoms with E-state index < -0.39 is 54.5 Å². The number of aromatic nitrogens is 2. The molecule has 0 atom stereocenters. The number of carbonyl (C=O) groups is 1. The Kier molecular flexibility index (Phi) is 11.8. The Bertz CT molecular complexity index is 1470. The Balaban J connectivity index is 0.00000342. The van der Waals surface area contributed by atoms with E-state index in [1.54, 1.807) is 0 Å². The molecule has 1 aliphatic heterocycles. The molecule has 0 spiro atoms. The minimum atomic E-state index is -5.05. The number of rotatable bonds is 7. The van der Waals surface area contributed by atoms with Crippen LogP contribution in [-0.2, 0) is 25.0 Å². The van der Waals surface area contributed by atoms with Crippen molar-refractivity contribution in [2.75, 3.05) is 30.1 Å². The van der Waals surface area contributed by atoms with E-state index in [1.807, 2.05) is 0 Å². The van der Waals surface area contributed by atoms with Crippen LogP contribution in [0, 0.1) is 12.0 Å². The van der Waals surface area contributed by atoms with Gasteiger partial charge in [0.05, 0.1) is 26.5 Å². The molecule has 0 saturated carbocycles. The fourth-order valence-corrected chi connectivity index (χ4v) is 4.46. The van der Waals surface area contributed by atoms with Gasteiger partial charge in [0.15, 0.2) is 5.71 Å². The van der Waals surface area contributed by atoms with Gasteiger partial charge < -0.3 is 19.3 Å².